The van der Waals surface area contributed by atoms with Crippen LogP contribution < -0.4 is 5.32 Å². The van der Waals surface area contributed by atoms with E-state index in [0.717, 1.165) is 0 Å². The third-order valence-electron chi connectivity index (χ3n) is 1.36. The Labute approximate surface area is 89.1 Å². The van der Waals surface area contributed by atoms with E-state index in [-0.39, 0.29) is 22.7 Å². The van der Waals surface area contributed by atoms with E-state index in [1.165, 1.54) is 19.3 Å². The van der Waals surface area contributed by atoms with Gasteiger partial charge in [0.1, 0.15) is 5.69 Å². The first-order valence-electron chi connectivity index (χ1n) is 3.82. The van der Waals surface area contributed by atoms with Crippen LogP contribution in [0.3, 0.4) is 0 Å². The van der Waals surface area contributed by atoms with E-state index in [9.17, 15) is 9.59 Å². The number of hydrogen-bond donors (Lipinski definition) is 1. The lowest BCUT2D eigenvalue weighted by molar-refractivity contribution is -0.114. The molecular formula is C8H8BrN3O2. The first-order valence-corrected chi connectivity index (χ1v) is 4.94. The maximum Gasteiger partial charge on any atom is 0.222 e. The van der Waals surface area contributed by atoms with Crippen LogP contribution in [0.15, 0.2) is 12.4 Å². The standard InChI is InChI=1S/C8H8BrN3O2/c1-5(13)12-8-4-10-6(3-11-8)7(14)2-9/h3-4H,2H2,1H3,(H,11,12,13). The van der Waals surface area contributed by atoms with Crippen molar-refractivity contribution < 1.29 is 9.59 Å². The minimum Gasteiger partial charge on any atom is -0.310 e. The molecular weight excluding hydrogens is 250 g/mol. The summed E-state index contributed by atoms with van der Waals surface area (Å²) in [5.74, 6) is -0.0330. The molecule has 0 radical (unpaired) electrons. The highest BCUT2D eigenvalue weighted by Crippen LogP contribution is 2.02. The number of carbonyl (C=O) groups is 2. The average molecular weight is 258 g/mol. The van der Waals surface area contributed by atoms with Crippen LogP contribution in [0.2, 0.25) is 0 Å². The molecule has 1 rings (SSSR count). The zero-order valence-electron chi connectivity index (χ0n) is 7.45. The fraction of sp³-hybridized carbons (Fsp3) is 0.250. The molecule has 0 unspecified atom stereocenters. The first-order chi connectivity index (χ1) is 6.63. The van der Waals surface area contributed by atoms with Crippen LogP contribution in [0.5, 0.6) is 0 Å². The van der Waals surface area contributed by atoms with E-state index in [4.69, 9.17) is 0 Å². The number of carbonyl (C=O) groups excluding carboxylic acids is 2. The molecule has 0 aliphatic rings. The molecule has 14 heavy (non-hydrogen) atoms. The van der Waals surface area contributed by atoms with Gasteiger partial charge in [0, 0.05) is 6.92 Å². The molecule has 0 atom stereocenters. The molecule has 1 aromatic rings. The molecule has 1 aromatic heterocycles. The topological polar surface area (TPSA) is 72.0 Å². The number of amides is 1. The summed E-state index contributed by atoms with van der Waals surface area (Å²) in [7, 11) is 0. The summed E-state index contributed by atoms with van der Waals surface area (Å²) in [6, 6.07) is 0. The van der Waals surface area contributed by atoms with Gasteiger partial charge in [-0.2, -0.15) is 0 Å². The Morgan fingerprint density at radius 3 is 2.57 bits per heavy atom. The van der Waals surface area contributed by atoms with Gasteiger partial charge in [-0.1, -0.05) is 15.9 Å². The molecule has 0 spiro atoms. The fourth-order valence-electron chi connectivity index (χ4n) is 0.785. The number of alkyl halides is 1. The molecule has 0 bridgehead atoms. The van der Waals surface area contributed by atoms with Crippen molar-refractivity contribution in [3.8, 4) is 0 Å². The van der Waals surface area contributed by atoms with Crippen LogP contribution in [0.25, 0.3) is 0 Å². The minimum absolute atomic E-state index is 0.146. The Morgan fingerprint density at radius 1 is 1.43 bits per heavy atom. The van der Waals surface area contributed by atoms with Crippen LogP contribution in [-0.4, -0.2) is 27.0 Å². The van der Waals surface area contributed by atoms with Gasteiger partial charge in [-0.3, -0.25) is 9.59 Å². The number of rotatable bonds is 3. The van der Waals surface area contributed by atoms with E-state index in [0.29, 0.717) is 5.82 Å². The Kier molecular flexibility index (Phi) is 3.70. The van der Waals surface area contributed by atoms with Crippen molar-refractivity contribution in [3.05, 3.63) is 18.1 Å². The predicted octanol–water partition coefficient (Wildman–Crippen LogP) is 1.01. The summed E-state index contributed by atoms with van der Waals surface area (Å²) in [4.78, 5) is 29.4. The lowest BCUT2D eigenvalue weighted by Crippen LogP contribution is -2.10. The number of ketones is 1. The van der Waals surface area contributed by atoms with Crippen LogP contribution in [-0.2, 0) is 4.79 Å². The normalized spacial score (nSPS) is 9.57. The summed E-state index contributed by atoms with van der Waals surface area (Å²) in [6.45, 7) is 1.37. The quantitative estimate of drug-likeness (QED) is 0.648. The number of halogens is 1. The highest BCUT2D eigenvalue weighted by molar-refractivity contribution is 9.09. The van der Waals surface area contributed by atoms with Crippen molar-refractivity contribution in [1.29, 1.82) is 0 Å². The van der Waals surface area contributed by atoms with Gasteiger partial charge in [-0.15, -0.1) is 0 Å². The monoisotopic (exact) mass is 257 g/mol. The number of hydrogen-bond acceptors (Lipinski definition) is 4. The maximum absolute atomic E-state index is 11.1. The van der Waals surface area contributed by atoms with Gasteiger partial charge in [0.15, 0.2) is 11.6 Å². The molecule has 0 saturated heterocycles. The van der Waals surface area contributed by atoms with Gasteiger partial charge < -0.3 is 5.32 Å². The largest absolute Gasteiger partial charge is 0.310 e. The van der Waals surface area contributed by atoms with Crippen molar-refractivity contribution in [2.24, 2.45) is 0 Å². The van der Waals surface area contributed by atoms with Crippen molar-refractivity contribution in [1.82, 2.24) is 9.97 Å². The Hall–Kier alpha value is -1.30. The summed E-state index contributed by atoms with van der Waals surface area (Å²) in [5, 5.41) is 2.66. The van der Waals surface area contributed by atoms with E-state index in [1.54, 1.807) is 0 Å². The van der Waals surface area contributed by atoms with E-state index >= 15 is 0 Å². The zero-order chi connectivity index (χ0) is 10.6. The molecule has 0 saturated carbocycles. The molecule has 1 N–H and O–H groups in total. The highest BCUT2D eigenvalue weighted by Gasteiger charge is 2.06. The van der Waals surface area contributed by atoms with Gasteiger partial charge >= 0.3 is 0 Å². The fourth-order valence-corrected chi connectivity index (χ4v) is 1.07. The van der Waals surface area contributed by atoms with Gasteiger partial charge in [0.05, 0.1) is 17.7 Å². The van der Waals surface area contributed by atoms with Crippen molar-refractivity contribution >= 4 is 33.4 Å². The molecule has 6 heteroatoms. The molecule has 0 aromatic carbocycles. The first kappa shape index (κ1) is 10.8. The molecule has 5 nitrogen and oxygen atoms in total. The summed E-state index contributed by atoms with van der Waals surface area (Å²) >= 11 is 3.02. The lowest BCUT2D eigenvalue weighted by Gasteiger charge is -2.00. The summed E-state index contributed by atoms with van der Waals surface area (Å²) in [5.41, 5.74) is 0.274. The Morgan fingerprint density at radius 2 is 2.14 bits per heavy atom. The van der Waals surface area contributed by atoms with Gasteiger partial charge in [0.2, 0.25) is 5.91 Å². The van der Waals surface area contributed by atoms with Crippen LogP contribution in [0, 0.1) is 0 Å². The molecule has 0 aliphatic carbocycles. The molecule has 1 amide bonds. The van der Waals surface area contributed by atoms with Crippen LogP contribution in [0.4, 0.5) is 5.82 Å². The predicted molar refractivity (Wildman–Crippen MR) is 54.5 cm³/mol. The zero-order valence-corrected chi connectivity index (χ0v) is 9.04. The summed E-state index contributed by atoms with van der Waals surface area (Å²) < 4.78 is 0. The number of Topliss-reactive ketones (excluding diaryl/α,β-unsaturated/α-hetero) is 1. The molecule has 1 heterocycles. The number of nitrogens with zero attached hydrogens (tertiary/aromatic N) is 2. The molecule has 0 aliphatic heterocycles. The third kappa shape index (κ3) is 2.88. The van der Waals surface area contributed by atoms with Crippen molar-refractivity contribution in [3.63, 3.8) is 0 Å². The molecule has 74 valence electrons. The van der Waals surface area contributed by atoms with Crippen LogP contribution >= 0.6 is 15.9 Å². The Bertz CT molecular complexity index is 350. The molecule has 0 fully saturated rings. The second-order valence-electron chi connectivity index (χ2n) is 2.52. The number of aromatic nitrogens is 2. The van der Waals surface area contributed by atoms with Gasteiger partial charge in [0.25, 0.3) is 0 Å². The highest BCUT2D eigenvalue weighted by atomic mass is 79.9. The third-order valence-corrected chi connectivity index (χ3v) is 1.87. The van der Waals surface area contributed by atoms with Crippen LogP contribution in [0.1, 0.15) is 17.4 Å². The second kappa shape index (κ2) is 4.80. The van der Waals surface area contributed by atoms with Gasteiger partial charge in [-0.05, 0) is 0 Å². The number of anilines is 1. The van der Waals surface area contributed by atoms with Crippen molar-refractivity contribution in [2.45, 2.75) is 6.92 Å². The maximum atomic E-state index is 11.1. The van der Waals surface area contributed by atoms with E-state index in [1.807, 2.05) is 0 Å². The summed E-state index contributed by atoms with van der Waals surface area (Å²) in [6.07, 6.45) is 2.67. The lowest BCUT2D eigenvalue weighted by atomic mass is 10.3. The number of nitrogens with one attached hydrogen (secondary N) is 1. The van der Waals surface area contributed by atoms with Gasteiger partial charge in [-0.25, -0.2) is 9.97 Å². The SMILES string of the molecule is CC(=O)Nc1cnc(C(=O)CBr)cn1. The van der Waals surface area contributed by atoms with E-state index in [2.05, 4.69) is 31.2 Å². The second-order valence-corrected chi connectivity index (χ2v) is 3.09. The smallest absolute Gasteiger partial charge is 0.222 e. The minimum atomic E-state index is -0.223. The Balaban J connectivity index is 2.78. The average Bonchev–Trinajstić information content (AvgIpc) is 2.17. The van der Waals surface area contributed by atoms with Crippen molar-refractivity contribution in [2.75, 3.05) is 10.6 Å². The van der Waals surface area contributed by atoms with E-state index < -0.39 is 0 Å².